The van der Waals surface area contributed by atoms with Gasteiger partial charge in [0.05, 0.1) is 23.1 Å². The minimum Gasteiger partial charge on any atom is -0.362 e. The van der Waals surface area contributed by atoms with E-state index in [9.17, 15) is 22.8 Å². The Morgan fingerprint density at radius 3 is 2.57 bits per heavy atom. The molecule has 1 saturated heterocycles. The summed E-state index contributed by atoms with van der Waals surface area (Å²) in [5.41, 5.74) is 4.50. The first-order valence-electron chi connectivity index (χ1n) is 9.25. The predicted octanol–water partition coefficient (Wildman–Crippen LogP) is 1.08. The van der Waals surface area contributed by atoms with Crippen LogP contribution in [0.2, 0.25) is 0 Å². The van der Waals surface area contributed by atoms with E-state index in [0.717, 1.165) is 18.9 Å². The fourth-order valence-electron chi connectivity index (χ4n) is 4.24. The second kappa shape index (κ2) is 6.26. The van der Waals surface area contributed by atoms with Crippen LogP contribution >= 0.6 is 0 Å². The van der Waals surface area contributed by atoms with Crippen molar-refractivity contribution in [3.63, 3.8) is 0 Å². The minimum atomic E-state index is -3.00. The maximum absolute atomic E-state index is 15.0. The van der Waals surface area contributed by atoms with Crippen molar-refractivity contribution in [2.75, 3.05) is 30.4 Å². The molecule has 1 aliphatic carbocycles. The molecule has 10 heteroatoms. The summed E-state index contributed by atoms with van der Waals surface area (Å²) in [5.74, 6) is 0.831. The molecule has 2 aliphatic rings. The molecule has 1 aromatic carbocycles. The molecule has 0 bridgehead atoms. The van der Waals surface area contributed by atoms with Gasteiger partial charge in [-0.3, -0.25) is 9.36 Å². The summed E-state index contributed by atoms with van der Waals surface area (Å²) >= 11 is 0. The first-order valence-corrected chi connectivity index (χ1v) is 9.25. The molecule has 7 nitrogen and oxygen atoms in total. The fraction of sp³-hybridized carbons (Fsp3) is 0.556. The largest absolute Gasteiger partial charge is 0.362 e. The molecule has 0 radical (unpaired) electrons. The highest BCUT2D eigenvalue weighted by Crippen LogP contribution is 2.42. The number of nitrogens with zero attached hydrogens (tertiary/aromatic N) is 3. The highest BCUT2D eigenvalue weighted by atomic mass is 19.3. The molecule has 152 valence electrons. The summed E-state index contributed by atoms with van der Waals surface area (Å²) in [7, 11) is 0. The van der Waals surface area contributed by atoms with Crippen molar-refractivity contribution in [2.24, 2.45) is 11.7 Å². The molecule has 1 unspecified atom stereocenters. The number of halogens is 3. The molecule has 4 N–H and O–H groups in total. The third-order valence-corrected chi connectivity index (χ3v) is 5.75. The van der Waals surface area contributed by atoms with Crippen molar-refractivity contribution in [2.45, 2.75) is 38.2 Å². The Hall–Kier alpha value is -2.49. The number of nitrogens with two attached hydrogens (primary N) is 2. The zero-order valence-electron chi connectivity index (χ0n) is 15.4. The lowest BCUT2D eigenvalue weighted by atomic mass is 10.0. The fourth-order valence-corrected chi connectivity index (χ4v) is 4.24. The lowest BCUT2D eigenvalue weighted by Crippen LogP contribution is -2.44. The van der Waals surface area contributed by atoms with E-state index < -0.39 is 35.5 Å². The molecule has 28 heavy (non-hydrogen) atoms. The Morgan fingerprint density at radius 2 is 1.96 bits per heavy atom. The number of anilines is 1. The van der Waals surface area contributed by atoms with Crippen LogP contribution < -0.4 is 27.7 Å². The van der Waals surface area contributed by atoms with Crippen LogP contribution in [0, 0.1) is 18.7 Å². The van der Waals surface area contributed by atoms with Gasteiger partial charge in [0.1, 0.15) is 5.82 Å². The second-order valence-corrected chi connectivity index (χ2v) is 7.70. The maximum atomic E-state index is 15.0. The number of fused-ring (bicyclic) bond motifs is 1. The summed E-state index contributed by atoms with van der Waals surface area (Å²) < 4.78 is 45.6. The molecule has 1 saturated carbocycles. The Morgan fingerprint density at radius 1 is 1.29 bits per heavy atom. The molecule has 2 aromatic rings. The number of aryl methyl sites for hydroxylation is 1. The summed E-state index contributed by atoms with van der Waals surface area (Å²) in [6.45, 7) is 0.982. The summed E-state index contributed by atoms with van der Waals surface area (Å²) in [6.07, 6.45) is 1.60. The minimum absolute atomic E-state index is 0.00494. The van der Waals surface area contributed by atoms with E-state index in [1.807, 2.05) is 0 Å². The average Bonchev–Trinajstić information content (AvgIpc) is 3.40. The van der Waals surface area contributed by atoms with E-state index in [1.54, 1.807) is 6.92 Å². The standard InChI is InChI=1S/C18H22F3N5O2/c1-9-14-12(16(27)26(23)17(28)25(14)11-2-3-11)6-13(19)15(9)24-7-10(4-5-22)18(20,21)8-24/h6,10-11H,2-5,7-8,22-23H2,1H3. The van der Waals surface area contributed by atoms with Crippen molar-refractivity contribution in [1.82, 2.24) is 9.24 Å². The molecule has 0 spiro atoms. The van der Waals surface area contributed by atoms with Gasteiger partial charge in [-0.1, -0.05) is 0 Å². The number of nitrogen functional groups attached to an aromatic ring is 1. The van der Waals surface area contributed by atoms with Crippen LogP contribution in [0.25, 0.3) is 10.9 Å². The number of hydrogen-bond acceptors (Lipinski definition) is 5. The zero-order chi connectivity index (χ0) is 20.4. The number of aromatic nitrogens is 2. The van der Waals surface area contributed by atoms with E-state index >= 15 is 0 Å². The number of alkyl halides is 2. The zero-order valence-corrected chi connectivity index (χ0v) is 15.4. The highest BCUT2D eigenvalue weighted by Gasteiger charge is 2.48. The summed E-state index contributed by atoms with van der Waals surface area (Å²) in [6, 6.07) is 0.864. The van der Waals surface area contributed by atoms with Gasteiger partial charge in [-0.2, -0.15) is 4.68 Å². The molecule has 2 fully saturated rings. The van der Waals surface area contributed by atoms with E-state index in [1.165, 1.54) is 9.47 Å². The molecule has 1 aliphatic heterocycles. The van der Waals surface area contributed by atoms with E-state index in [-0.39, 0.29) is 42.1 Å². The van der Waals surface area contributed by atoms with Crippen LogP contribution in [0.3, 0.4) is 0 Å². The van der Waals surface area contributed by atoms with Crippen molar-refractivity contribution in [3.05, 3.63) is 38.3 Å². The van der Waals surface area contributed by atoms with Crippen LogP contribution in [0.5, 0.6) is 0 Å². The lowest BCUT2D eigenvalue weighted by Gasteiger charge is -2.23. The SMILES string of the molecule is Cc1c(N2CC(CCN)C(F)(F)C2)c(F)cc2c(=O)n(N)c(=O)n(C3CC3)c12. The molecular formula is C18H22F3N5O2. The Labute approximate surface area is 158 Å². The van der Waals surface area contributed by atoms with E-state index in [4.69, 9.17) is 11.6 Å². The topological polar surface area (TPSA) is 99.3 Å². The number of rotatable bonds is 4. The molecule has 2 heterocycles. The molecule has 4 rings (SSSR count). The smallest absolute Gasteiger partial charge is 0.350 e. The molecule has 1 atom stereocenters. The van der Waals surface area contributed by atoms with Crippen molar-refractivity contribution in [1.29, 1.82) is 0 Å². The Kier molecular flexibility index (Phi) is 4.22. The van der Waals surface area contributed by atoms with Crippen LogP contribution in [0.15, 0.2) is 15.7 Å². The molecule has 0 amide bonds. The van der Waals surface area contributed by atoms with Crippen LogP contribution in [-0.2, 0) is 0 Å². The van der Waals surface area contributed by atoms with Crippen LogP contribution in [0.4, 0.5) is 18.9 Å². The second-order valence-electron chi connectivity index (χ2n) is 7.70. The first kappa shape index (κ1) is 18.9. The number of benzene rings is 1. The maximum Gasteiger partial charge on any atom is 0.350 e. The normalized spacial score (nSPS) is 21.6. The third-order valence-electron chi connectivity index (χ3n) is 5.75. The number of hydrogen-bond donors (Lipinski definition) is 2. The summed E-state index contributed by atoms with van der Waals surface area (Å²) in [4.78, 5) is 26.3. The van der Waals surface area contributed by atoms with Gasteiger partial charge in [0.25, 0.3) is 11.5 Å². The summed E-state index contributed by atoms with van der Waals surface area (Å²) in [5, 5.41) is -0.0304. The van der Waals surface area contributed by atoms with Gasteiger partial charge >= 0.3 is 5.69 Å². The van der Waals surface area contributed by atoms with Gasteiger partial charge in [0.15, 0.2) is 0 Å². The first-order chi connectivity index (χ1) is 13.2. The van der Waals surface area contributed by atoms with E-state index in [0.29, 0.717) is 10.2 Å². The van der Waals surface area contributed by atoms with Gasteiger partial charge in [0, 0.05) is 24.1 Å². The van der Waals surface area contributed by atoms with Crippen LogP contribution in [-0.4, -0.2) is 34.8 Å². The van der Waals surface area contributed by atoms with Gasteiger partial charge in [-0.25, -0.2) is 18.0 Å². The molecular weight excluding hydrogens is 375 g/mol. The quantitative estimate of drug-likeness (QED) is 0.753. The van der Waals surface area contributed by atoms with Gasteiger partial charge < -0.3 is 16.5 Å². The molecule has 1 aromatic heterocycles. The van der Waals surface area contributed by atoms with E-state index in [2.05, 4.69) is 0 Å². The monoisotopic (exact) mass is 397 g/mol. The Balaban J connectivity index is 1.95. The van der Waals surface area contributed by atoms with Crippen molar-refractivity contribution in [3.8, 4) is 0 Å². The van der Waals surface area contributed by atoms with Gasteiger partial charge in [-0.15, -0.1) is 0 Å². The third kappa shape index (κ3) is 2.69. The van der Waals surface area contributed by atoms with Crippen molar-refractivity contribution < 1.29 is 13.2 Å². The Bertz CT molecular complexity index is 1070. The van der Waals surface area contributed by atoms with Gasteiger partial charge in [-0.05, 0) is 38.8 Å². The average molecular weight is 397 g/mol. The van der Waals surface area contributed by atoms with Crippen molar-refractivity contribution >= 4 is 16.6 Å². The van der Waals surface area contributed by atoms with Gasteiger partial charge in [0.2, 0.25) is 0 Å². The predicted molar refractivity (Wildman–Crippen MR) is 99.9 cm³/mol. The highest BCUT2D eigenvalue weighted by molar-refractivity contribution is 5.87. The lowest BCUT2D eigenvalue weighted by molar-refractivity contribution is -0.0225. The van der Waals surface area contributed by atoms with Crippen LogP contribution in [0.1, 0.15) is 30.9 Å².